The first-order valence-electron chi connectivity index (χ1n) is 8.30. The van der Waals surface area contributed by atoms with Crippen LogP contribution in [0.3, 0.4) is 0 Å². The Morgan fingerprint density at radius 3 is 2.62 bits per heavy atom. The average Bonchev–Trinajstić information content (AvgIpc) is 2.62. The Morgan fingerprint density at radius 1 is 1.04 bits per heavy atom. The van der Waals surface area contributed by atoms with Crippen molar-refractivity contribution in [1.82, 2.24) is 15.3 Å². The fraction of sp³-hybridized carbons (Fsp3) is 0.150. The second-order valence-electron chi connectivity index (χ2n) is 5.81. The number of benzene rings is 2. The molecule has 0 saturated carbocycles. The lowest BCUT2D eigenvalue weighted by molar-refractivity contribution is 0.0949. The van der Waals surface area contributed by atoms with Gasteiger partial charge in [-0.05, 0) is 37.1 Å². The molecule has 0 bridgehead atoms. The van der Waals surface area contributed by atoms with Gasteiger partial charge in [-0.3, -0.25) is 4.79 Å². The molecule has 26 heavy (non-hydrogen) atoms. The number of amides is 1. The number of rotatable bonds is 6. The minimum atomic E-state index is -0.222. The zero-order valence-corrected chi connectivity index (χ0v) is 15.1. The minimum absolute atomic E-state index is 0.222. The van der Waals surface area contributed by atoms with Crippen molar-refractivity contribution in [2.24, 2.45) is 0 Å². The zero-order valence-electron chi connectivity index (χ0n) is 14.4. The van der Waals surface area contributed by atoms with E-state index in [4.69, 9.17) is 11.6 Å². The fourth-order valence-corrected chi connectivity index (χ4v) is 2.71. The molecule has 0 aliphatic rings. The summed E-state index contributed by atoms with van der Waals surface area (Å²) in [6.07, 6.45) is 0.768. The van der Waals surface area contributed by atoms with Gasteiger partial charge < -0.3 is 10.6 Å². The van der Waals surface area contributed by atoms with Gasteiger partial charge in [-0.1, -0.05) is 48.0 Å². The quantitative estimate of drug-likeness (QED) is 0.687. The van der Waals surface area contributed by atoms with Crippen LogP contribution in [0.15, 0.2) is 60.7 Å². The summed E-state index contributed by atoms with van der Waals surface area (Å²) in [7, 11) is 0. The third-order valence-electron chi connectivity index (χ3n) is 3.71. The lowest BCUT2D eigenvalue weighted by atomic mass is 10.1. The summed E-state index contributed by atoms with van der Waals surface area (Å²) in [5, 5.41) is 6.67. The Hall–Kier alpha value is -2.92. The predicted molar refractivity (Wildman–Crippen MR) is 104 cm³/mol. The minimum Gasteiger partial charge on any atom is -0.350 e. The molecule has 0 atom stereocenters. The zero-order chi connectivity index (χ0) is 18.4. The fourth-order valence-electron chi connectivity index (χ4n) is 2.52. The van der Waals surface area contributed by atoms with Gasteiger partial charge in [0.1, 0.15) is 17.3 Å². The summed E-state index contributed by atoms with van der Waals surface area (Å²) in [4.78, 5) is 20.9. The number of halogens is 1. The van der Waals surface area contributed by atoms with Gasteiger partial charge in [0.05, 0.1) is 0 Å². The van der Waals surface area contributed by atoms with Crippen molar-refractivity contribution in [2.75, 3.05) is 11.9 Å². The molecule has 2 N–H and O–H groups in total. The van der Waals surface area contributed by atoms with Crippen LogP contribution in [0.4, 0.5) is 11.5 Å². The number of anilines is 2. The van der Waals surface area contributed by atoms with Gasteiger partial charge in [-0.15, -0.1) is 0 Å². The standard InChI is InChI=1S/C20H19ClN4O/c1-14-23-18(20(26)22-11-10-15-6-3-2-4-7-15)13-19(24-14)25-17-9-5-8-16(21)12-17/h2-9,12-13H,10-11H2,1H3,(H,22,26)(H,23,24,25). The van der Waals surface area contributed by atoms with E-state index in [1.807, 2.05) is 42.5 Å². The van der Waals surface area contributed by atoms with E-state index in [-0.39, 0.29) is 5.91 Å². The predicted octanol–water partition coefficient (Wildman–Crippen LogP) is 4.15. The number of aromatic nitrogens is 2. The maximum Gasteiger partial charge on any atom is 0.270 e. The highest BCUT2D eigenvalue weighted by Crippen LogP contribution is 2.19. The van der Waals surface area contributed by atoms with Crippen LogP contribution in [0.5, 0.6) is 0 Å². The third-order valence-corrected chi connectivity index (χ3v) is 3.94. The second-order valence-corrected chi connectivity index (χ2v) is 6.25. The molecule has 0 aliphatic heterocycles. The largest absolute Gasteiger partial charge is 0.350 e. The monoisotopic (exact) mass is 366 g/mol. The smallest absolute Gasteiger partial charge is 0.270 e. The highest BCUT2D eigenvalue weighted by Gasteiger charge is 2.10. The van der Waals surface area contributed by atoms with E-state index in [1.54, 1.807) is 25.1 Å². The number of nitrogens with zero attached hydrogens (tertiary/aromatic N) is 2. The first-order chi connectivity index (χ1) is 12.6. The van der Waals surface area contributed by atoms with Crippen LogP contribution < -0.4 is 10.6 Å². The molecular weight excluding hydrogens is 348 g/mol. The van der Waals surface area contributed by atoms with Crippen molar-refractivity contribution >= 4 is 29.0 Å². The van der Waals surface area contributed by atoms with Gasteiger partial charge in [0, 0.05) is 23.3 Å². The van der Waals surface area contributed by atoms with Gasteiger partial charge in [0.2, 0.25) is 0 Å². The normalized spacial score (nSPS) is 10.4. The van der Waals surface area contributed by atoms with Crippen LogP contribution in [0.2, 0.25) is 5.02 Å². The summed E-state index contributed by atoms with van der Waals surface area (Å²) >= 11 is 5.99. The third kappa shape index (κ3) is 5.04. The number of carbonyl (C=O) groups is 1. The Labute approximate surface area is 157 Å². The maximum absolute atomic E-state index is 12.4. The van der Waals surface area contributed by atoms with Gasteiger partial charge in [-0.25, -0.2) is 9.97 Å². The number of carbonyl (C=O) groups excluding carboxylic acids is 1. The molecule has 1 amide bonds. The number of aryl methyl sites for hydroxylation is 1. The lowest BCUT2D eigenvalue weighted by Gasteiger charge is -2.09. The molecule has 0 spiro atoms. The Balaban J connectivity index is 1.65. The van der Waals surface area contributed by atoms with Gasteiger partial charge in [0.15, 0.2) is 0 Å². The maximum atomic E-state index is 12.4. The molecule has 3 rings (SSSR count). The van der Waals surface area contributed by atoms with Gasteiger partial charge in [-0.2, -0.15) is 0 Å². The molecule has 0 radical (unpaired) electrons. The van der Waals surface area contributed by atoms with Gasteiger partial charge in [0.25, 0.3) is 5.91 Å². The molecular formula is C20H19ClN4O. The highest BCUT2D eigenvalue weighted by atomic mass is 35.5. The molecule has 5 nitrogen and oxygen atoms in total. The second kappa shape index (κ2) is 8.45. The average molecular weight is 367 g/mol. The molecule has 2 aromatic carbocycles. The van der Waals surface area contributed by atoms with E-state index in [1.165, 1.54) is 5.56 Å². The first-order valence-corrected chi connectivity index (χ1v) is 8.68. The van der Waals surface area contributed by atoms with E-state index in [0.717, 1.165) is 12.1 Å². The van der Waals surface area contributed by atoms with E-state index in [0.29, 0.717) is 28.9 Å². The molecule has 0 unspecified atom stereocenters. The molecule has 6 heteroatoms. The van der Waals surface area contributed by atoms with Crippen molar-refractivity contribution in [1.29, 1.82) is 0 Å². The van der Waals surface area contributed by atoms with Crippen LogP contribution in [-0.4, -0.2) is 22.4 Å². The highest BCUT2D eigenvalue weighted by molar-refractivity contribution is 6.30. The molecule has 0 saturated heterocycles. The van der Waals surface area contributed by atoms with Crippen LogP contribution in [0.1, 0.15) is 21.9 Å². The van der Waals surface area contributed by atoms with Crippen molar-refractivity contribution in [3.05, 3.63) is 82.8 Å². The summed E-state index contributed by atoms with van der Waals surface area (Å²) in [5.74, 6) is 0.846. The Kier molecular flexibility index (Phi) is 5.81. The van der Waals surface area contributed by atoms with Crippen LogP contribution in [0.25, 0.3) is 0 Å². The topological polar surface area (TPSA) is 66.9 Å². The summed E-state index contributed by atoms with van der Waals surface area (Å²) in [6.45, 7) is 2.30. The molecule has 1 aromatic heterocycles. The molecule has 3 aromatic rings. The number of hydrogen-bond acceptors (Lipinski definition) is 4. The van der Waals surface area contributed by atoms with Crippen molar-refractivity contribution in [3.63, 3.8) is 0 Å². The van der Waals surface area contributed by atoms with Gasteiger partial charge >= 0.3 is 0 Å². The summed E-state index contributed by atoms with van der Waals surface area (Å²) in [5.41, 5.74) is 2.30. The SMILES string of the molecule is Cc1nc(Nc2cccc(Cl)c2)cc(C(=O)NCCc2ccccc2)n1. The molecule has 1 heterocycles. The summed E-state index contributed by atoms with van der Waals surface area (Å²) < 4.78 is 0. The number of hydrogen-bond donors (Lipinski definition) is 2. The Morgan fingerprint density at radius 2 is 1.85 bits per heavy atom. The van der Waals surface area contributed by atoms with E-state index in [2.05, 4.69) is 20.6 Å². The van der Waals surface area contributed by atoms with Crippen molar-refractivity contribution in [3.8, 4) is 0 Å². The van der Waals surface area contributed by atoms with Crippen LogP contribution >= 0.6 is 11.6 Å². The number of nitrogens with one attached hydrogen (secondary N) is 2. The molecule has 132 valence electrons. The van der Waals surface area contributed by atoms with E-state index < -0.39 is 0 Å². The van der Waals surface area contributed by atoms with E-state index in [9.17, 15) is 4.79 Å². The molecule has 0 fully saturated rings. The van der Waals surface area contributed by atoms with Crippen LogP contribution in [0, 0.1) is 6.92 Å². The summed E-state index contributed by atoms with van der Waals surface area (Å²) in [6, 6.07) is 19.0. The van der Waals surface area contributed by atoms with E-state index >= 15 is 0 Å². The lowest BCUT2D eigenvalue weighted by Crippen LogP contribution is -2.27. The van der Waals surface area contributed by atoms with Crippen molar-refractivity contribution in [2.45, 2.75) is 13.3 Å². The van der Waals surface area contributed by atoms with Crippen molar-refractivity contribution < 1.29 is 4.79 Å². The first kappa shape index (κ1) is 17.9. The Bertz CT molecular complexity index is 899. The van der Waals surface area contributed by atoms with Crippen LogP contribution in [-0.2, 0) is 6.42 Å². The molecule has 0 aliphatic carbocycles.